The number of para-hydroxylation sites is 1. The highest BCUT2D eigenvalue weighted by Gasteiger charge is 2.23. The molecule has 0 saturated carbocycles. The molecule has 0 unspecified atom stereocenters. The topological polar surface area (TPSA) is 76.3 Å². The third-order valence-electron chi connectivity index (χ3n) is 5.68. The van der Waals surface area contributed by atoms with E-state index in [2.05, 4.69) is 29.2 Å². The van der Waals surface area contributed by atoms with Gasteiger partial charge in [0.05, 0.1) is 0 Å². The molecule has 1 N–H and O–H groups in total. The van der Waals surface area contributed by atoms with Crippen LogP contribution in [0.25, 0.3) is 22.4 Å². The molecule has 0 spiro atoms. The van der Waals surface area contributed by atoms with Crippen molar-refractivity contribution in [3.8, 4) is 22.8 Å². The number of aromatic nitrogens is 3. The summed E-state index contributed by atoms with van der Waals surface area (Å²) in [6, 6.07) is 17.7. The van der Waals surface area contributed by atoms with Gasteiger partial charge in [0, 0.05) is 31.6 Å². The highest BCUT2D eigenvalue weighted by atomic mass is 16.5. The Morgan fingerprint density at radius 1 is 1.00 bits per heavy atom. The molecule has 0 aliphatic carbocycles. The zero-order valence-corrected chi connectivity index (χ0v) is 19.1. The van der Waals surface area contributed by atoms with E-state index >= 15 is 0 Å². The van der Waals surface area contributed by atoms with Crippen LogP contribution in [0.3, 0.4) is 0 Å². The van der Waals surface area contributed by atoms with E-state index in [9.17, 15) is 0 Å². The highest BCUT2D eigenvalue weighted by Crippen LogP contribution is 2.36. The summed E-state index contributed by atoms with van der Waals surface area (Å²) in [5.41, 5.74) is 2.20. The zero-order valence-electron chi connectivity index (χ0n) is 19.1. The van der Waals surface area contributed by atoms with Crippen LogP contribution in [-0.4, -0.2) is 41.3 Å². The Balaban J connectivity index is 1.58. The van der Waals surface area contributed by atoms with Crippen LogP contribution in [0.5, 0.6) is 11.5 Å². The van der Waals surface area contributed by atoms with Gasteiger partial charge in [-0.1, -0.05) is 49.3 Å². The number of nitrogens with one attached hydrogen (secondary N) is 1. The lowest BCUT2D eigenvalue weighted by Crippen LogP contribution is -2.29. The van der Waals surface area contributed by atoms with Crippen LogP contribution in [-0.2, 0) is 6.42 Å². The average molecular weight is 444 g/mol. The monoisotopic (exact) mass is 443 g/mol. The number of ether oxygens (including phenoxy) is 1. The van der Waals surface area contributed by atoms with Crippen LogP contribution in [0.15, 0.2) is 59.1 Å². The number of nitrogens with zero attached hydrogens (tertiary/aromatic N) is 4. The van der Waals surface area contributed by atoms with Crippen LogP contribution in [0, 0.1) is 5.92 Å². The van der Waals surface area contributed by atoms with Crippen molar-refractivity contribution in [1.29, 1.82) is 0 Å². The van der Waals surface area contributed by atoms with E-state index in [0.717, 1.165) is 78.8 Å². The van der Waals surface area contributed by atoms with E-state index in [-0.39, 0.29) is 0 Å². The average Bonchev–Trinajstić information content (AvgIpc) is 3.05. The molecular weight excluding hydrogens is 414 g/mol. The molecule has 1 aliphatic rings. The molecule has 1 aliphatic heterocycles. The van der Waals surface area contributed by atoms with E-state index in [1.807, 2.05) is 54.6 Å². The summed E-state index contributed by atoms with van der Waals surface area (Å²) in [4.78, 5) is 12.1. The first kappa shape index (κ1) is 21.4. The zero-order chi connectivity index (χ0) is 22.6. The Labute approximate surface area is 193 Å². The Hall–Kier alpha value is -3.45. The van der Waals surface area contributed by atoms with Gasteiger partial charge in [-0.2, -0.15) is 4.98 Å². The minimum atomic E-state index is 0.454. The lowest BCUT2D eigenvalue weighted by atomic mass is 10.1. The number of anilines is 1. The van der Waals surface area contributed by atoms with Crippen molar-refractivity contribution in [3.63, 3.8) is 0 Å². The number of rotatable bonds is 6. The van der Waals surface area contributed by atoms with Crippen LogP contribution in [0.2, 0.25) is 0 Å². The van der Waals surface area contributed by atoms with E-state index in [4.69, 9.17) is 19.2 Å². The van der Waals surface area contributed by atoms with Crippen molar-refractivity contribution in [3.05, 3.63) is 60.4 Å². The maximum atomic E-state index is 6.05. The Morgan fingerprint density at radius 2 is 1.85 bits per heavy atom. The second-order valence-electron chi connectivity index (χ2n) is 8.81. The van der Waals surface area contributed by atoms with Gasteiger partial charge in [-0.05, 0) is 43.1 Å². The smallest absolute Gasteiger partial charge is 0.263 e. The summed E-state index contributed by atoms with van der Waals surface area (Å²) in [6.07, 6.45) is 1.86. The third-order valence-corrected chi connectivity index (χ3v) is 5.68. The van der Waals surface area contributed by atoms with Crippen molar-refractivity contribution in [2.75, 3.05) is 31.1 Å². The van der Waals surface area contributed by atoms with Crippen molar-refractivity contribution in [1.82, 2.24) is 20.4 Å². The fourth-order valence-corrected chi connectivity index (χ4v) is 4.15. The maximum absolute atomic E-state index is 6.05. The van der Waals surface area contributed by atoms with Crippen molar-refractivity contribution in [2.45, 2.75) is 26.7 Å². The Morgan fingerprint density at radius 3 is 2.70 bits per heavy atom. The van der Waals surface area contributed by atoms with Crippen LogP contribution >= 0.6 is 0 Å². The number of benzene rings is 2. The van der Waals surface area contributed by atoms with Gasteiger partial charge in [0.2, 0.25) is 0 Å². The minimum absolute atomic E-state index is 0.454. The number of fused-ring (bicyclic) bond motifs is 1. The molecule has 0 amide bonds. The Bertz CT molecular complexity index is 1210. The summed E-state index contributed by atoms with van der Waals surface area (Å²) in [6.45, 7) is 8.10. The summed E-state index contributed by atoms with van der Waals surface area (Å²) in [5.74, 6) is 3.70. The molecule has 0 atom stereocenters. The van der Waals surface area contributed by atoms with E-state index in [1.165, 1.54) is 0 Å². The van der Waals surface area contributed by atoms with Gasteiger partial charge in [0.15, 0.2) is 0 Å². The summed E-state index contributed by atoms with van der Waals surface area (Å²) >= 11 is 0. The lowest BCUT2D eigenvalue weighted by molar-refractivity contribution is 0.449. The van der Waals surface area contributed by atoms with Gasteiger partial charge in [0.25, 0.3) is 5.71 Å². The van der Waals surface area contributed by atoms with Gasteiger partial charge in [-0.15, -0.1) is 0 Å². The summed E-state index contributed by atoms with van der Waals surface area (Å²) < 4.78 is 11.8. The summed E-state index contributed by atoms with van der Waals surface area (Å²) in [7, 11) is 0. The molecule has 2 aromatic carbocycles. The van der Waals surface area contributed by atoms with Gasteiger partial charge >= 0.3 is 0 Å². The summed E-state index contributed by atoms with van der Waals surface area (Å²) in [5, 5.41) is 8.77. The lowest BCUT2D eigenvalue weighted by Gasteiger charge is -2.22. The molecule has 33 heavy (non-hydrogen) atoms. The second kappa shape index (κ2) is 9.58. The molecule has 5 rings (SSSR count). The van der Waals surface area contributed by atoms with E-state index < -0.39 is 0 Å². The molecule has 0 radical (unpaired) electrons. The molecule has 170 valence electrons. The van der Waals surface area contributed by atoms with Crippen molar-refractivity contribution in [2.24, 2.45) is 5.92 Å². The fraction of sp³-hybridized carbons (Fsp3) is 0.346. The normalized spacial score (nSPS) is 14.6. The first-order valence-electron chi connectivity index (χ1n) is 11.6. The number of hydrogen-bond donors (Lipinski definition) is 1. The van der Waals surface area contributed by atoms with Gasteiger partial charge in [-0.25, -0.2) is 4.98 Å². The molecule has 0 bridgehead atoms. The van der Waals surface area contributed by atoms with Gasteiger partial charge in [0.1, 0.15) is 34.2 Å². The quantitative estimate of drug-likeness (QED) is 0.445. The molecule has 1 fully saturated rings. The predicted molar refractivity (Wildman–Crippen MR) is 130 cm³/mol. The molecule has 4 aromatic rings. The minimum Gasteiger partial charge on any atom is -0.457 e. The molecule has 7 nitrogen and oxygen atoms in total. The standard InChI is InChI=1S/C26H29N5O2/c1-18(2)16-22-28-25(31-14-7-12-27-13-15-31)23-24(30-33-26(23)29-22)19-8-6-11-21(17-19)32-20-9-4-3-5-10-20/h3-6,8-11,17-18,27H,7,12-16H2,1-2H3. The molecule has 3 heterocycles. The molecular formula is C26H29N5O2. The van der Waals surface area contributed by atoms with E-state index in [1.54, 1.807) is 0 Å². The fourth-order valence-electron chi connectivity index (χ4n) is 4.15. The van der Waals surface area contributed by atoms with Gasteiger partial charge < -0.3 is 19.5 Å². The third kappa shape index (κ3) is 4.83. The van der Waals surface area contributed by atoms with Crippen LogP contribution in [0.1, 0.15) is 26.1 Å². The highest BCUT2D eigenvalue weighted by molar-refractivity contribution is 5.98. The van der Waals surface area contributed by atoms with Crippen molar-refractivity contribution < 1.29 is 9.26 Å². The molecule has 2 aromatic heterocycles. The Kier molecular flexibility index (Phi) is 6.21. The number of hydrogen-bond acceptors (Lipinski definition) is 7. The van der Waals surface area contributed by atoms with Crippen LogP contribution < -0.4 is 15.0 Å². The molecule has 1 saturated heterocycles. The second-order valence-corrected chi connectivity index (χ2v) is 8.81. The molecule has 7 heteroatoms. The predicted octanol–water partition coefficient (Wildman–Crippen LogP) is 5.08. The van der Waals surface area contributed by atoms with Crippen molar-refractivity contribution >= 4 is 16.9 Å². The maximum Gasteiger partial charge on any atom is 0.263 e. The largest absolute Gasteiger partial charge is 0.457 e. The van der Waals surface area contributed by atoms with Gasteiger partial charge in [-0.3, -0.25) is 0 Å². The SMILES string of the molecule is CC(C)Cc1nc(N2CCCNCC2)c2c(-c3cccc(Oc4ccccc4)c3)noc2n1. The first-order valence-corrected chi connectivity index (χ1v) is 11.6. The van der Waals surface area contributed by atoms with E-state index in [0.29, 0.717) is 11.6 Å². The van der Waals surface area contributed by atoms with Crippen LogP contribution in [0.4, 0.5) is 5.82 Å². The first-order chi connectivity index (χ1) is 16.2.